The lowest BCUT2D eigenvalue weighted by molar-refractivity contribution is -0.120. The molecule has 2 aromatic rings. The molecule has 1 heterocycles. The van der Waals surface area contributed by atoms with Gasteiger partial charge in [-0.25, -0.2) is 0 Å². The van der Waals surface area contributed by atoms with Crippen molar-refractivity contribution in [3.8, 4) is 11.5 Å². The van der Waals surface area contributed by atoms with Gasteiger partial charge < -0.3 is 24.7 Å². The van der Waals surface area contributed by atoms with Crippen LogP contribution in [0.4, 0.5) is 0 Å². The van der Waals surface area contributed by atoms with Crippen LogP contribution in [0.25, 0.3) is 6.08 Å². The van der Waals surface area contributed by atoms with E-state index in [2.05, 4.69) is 27.8 Å². The molecule has 0 bridgehead atoms. The quantitative estimate of drug-likeness (QED) is 0.359. The molecule has 1 fully saturated rings. The fraction of sp³-hybridized carbons (Fsp3) is 0.520. The Kier molecular flexibility index (Phi) is 10.0. The Morgan fingerprint density at radius 3 is 2.66 bits per heavy atom. The first-order valence-electron chi connectivity index (χ1n) is 12.0. The minimum atomic E-state index is -0.249. The van der Waals surface area contributed by atoms with Gasteiger partial charge in [-0.05, 0) is 49.5 Å². The third kappa shape index (κ3) is 7.48. The maximum absolute atomic E-state index is 12.4. The van der Waals surface area contributed by atoms with Gasteiger partial charge in [0.25, 0.3) is 0 Å². The van der Waals surface area contributed by atoms with E-state index in [-0.39, 0.29) is 24.4 Å². The van der Waals surface area contributed by atoms with Gasteiger partial charge in [0, 0.05) is 18.7 Å². The summed E-state index contributed by atoms with van der Waals surface area (Å²) in [4.78, 5) is 24.8. The molecule has 190 valence electrons. The number of ether oxygens (including phenoxy) is 2. The van der Waals surface area contributed by atoms with E-state index >= 15 is 0 Å². The predicted octanol–water partition coefficient (Wildman–Crippen LogP) is 3.43. The van der Waals surface area contributed by atoms with E-state index in [1.165, 1.54) is 37.1 Å². The molecule has 1 saturated carbocycles. The number of thioether (sulfide) groups is 1. The zero-order chi connectivity index (χ0) is 25.2. The second-order valence-electron chi connectivity index (χ2n) is 8.53. The maximum Gasteiger partial charge on any atom is 0.244 e. The third-order valence-electron chi connectivity index (χ3n) is 6.16. The molecule has 2 atom stereocenters. The van der Waals surface area contributed by atoms with Crippen molar-refractivity contribution < 1.29 is 19.1 Å². The van der Waals surface area contributed by atoms with Gasteiger partial charge in [0.2, 0.25) is 11.8 Å². The number of nitrogens with one attached hydrogen (secondary N) is 2. The van der Waals surface area contributed by atoms with Crippen LogP contribution in [0.15, 0.2) is 29.4 Å². The molecule has 0 aliphatic heterocycles. The number of rotatable bonds is 11. The van der Waals surface area contributed by atoms with Gasteiger partial charge in [0.1, 0.15) is 0 Å². The average molecular weight is 502 g/mol. The van der Waals surface area contributed by atoms with Crippen LogP contribution in [0.1, 0.15) is 50.9 Å². The van der Waals surface area contributed by atoms with E-state index in [0.29, 0.717) is 40.7 Å². The SMILES string of the molecule is CCn1c(CNC(=O)/C=C/c2ccc(OC)c(OC)c2)nnc1SCC(=O)N[C@H]1CCCC[C@H]1C. The van der Waals surface area contributed by atoms with Gasteiger partial charge in [0.15, 0.2) is 22.5 Å². The number of amides is 2. The van der Waals surface area contributed by atoms with Crippen LogP contribution >= 0.6 is 11.8 Å². The van der Waals surface area contributed by atoms with Crippen molar-refractivity contribution in [1.29, 1.82) is 0 Å². The lowest BCUT2D eigenvalue weighted by atomic mass is 9.86. The first kappa shape index (κ1) is 26.6. The number of carbonyl (C=O) groups excluding carboxylic acids is 2. The van der Waals surface area contributed by atoms with Crippen molar-refractivity contribution >= 4 is 29.7 Å². The Bertz CT molecular complexity index is 1040. The van der Waals surface area contributed by atoms with Gasteiger partial charge in [0.05, 0.1) is 26.5 Å². The number of methoxy groups -OCH3 is 2. The van der Waals surface area contributed by atoms with Gasteiger partial charge in [-0.3, -0.25) is 9.59 Å². The third-order valence-corrected chi connectivity index (χ3v) is 7.12. The lowest BCUT2D eigenvalue weighted by Gasteiger charge is -2.29. The van der Waals surface area contributed by atoms with Gasteiger partial charge in [-0.15, -0.1) is 10.2 Å². The molecule has 0 radical (unpaired) electrons. The largest absolute Gasteiger partial charge is 0.493 e. The predicted molar refractivity (Wildman–Crippen MR) is 136 cm³/mol. The summed E-state index contributed by atoms with van der Waals surface area (Å²) in [6, 6.07) is 5.69. The van der Waals surface area contributed by atoms with Crippen LogP contribution in [0.5, 0.6) is 11.5 Å². The molecule has 10 heteroatoms. The molecular formula is C25H35N5O4S. The van der Waals surface area contributed by atoms with E-state index in [4.69, 9.17) is 9.47 Å². The Labute approximate surface area is 211 Å². The molecule has 1 aromatic carbocycles. The van der Waals surface area contributed by atoms with Crippen LogP contribution in [0.3, 0.4) is 0 Å². The fourth-order valence-electron chi connectivity index (χ4n) is 4.14. The summed E-state index contributed by atoms with van der Waals surface area (Å²) in [5, 5.41) is 15.1. The molecule has 9 nitrogen and oxygen atoms in total. The number of carbonyl (C=O) groups is 2. The molecule has 2 N–H and O–H groups in total. The highest BCUT2D eigenvalue weighted by Crippen LogP contribution is 2.28. The second kappa shape index (κ2) is 13.2. The maximum atomic E-state index is 12.4. The highest BCUT2D eigenvalue weighted by atomic mass is 32.2. The standard InChI is InChI=1S/C25H35N5O4S/c1-5-30-22(15-26-23(31)13-11-18-10-12-20(33-3)21(14-18)34-4)28-29-25(30)35-16-24(32)27-19-9-7-6-8-17(19)2/h10-14,17,19H,5-9,15-16H2,1-4H3,(H,26,31)(H,27,32)/b13-11+/t17-,19+/m1/s1. The lowest BCUT2D eigenvalue weighted by Crippen LogP contribution is -2.41. The van der Waals surface area contributed by atoms with Crippen LogP contribution < -0.4 is 20.1 Å². The molecule has 0 spiro atoms. The van der Waals surface area contributed by atoms with E-state index in [9.17, 15) is 9.59 Å². The molecule has 2 amide bonds. The summed E-state index contributed by atoms with van der Waals surface area (Å²) in [6.45, 7) is 5.07. The van der Waals surface area contributed by atoms with E-state index < -0.39 is 0 Å². The van der Waals surface area contributed by atoms with Gasteiger partial charge in [-0.1, -0.05) is 37.6 Å². The normalized spacial score (nSPS) is 17.8. The zero-order valence-electron chi connectivity index (χ0n) is 20.9. The summed E-state index contributed by atoms with van der Waals surface area (Å²) in [7, 11) is 3.14. The van der Waals surface area contributed by atoms with Gasteiger partial charge >= 0.3 is 0 Å². The number of hydrogen-bond acceptors (Lipinski definition) is 7. The number of benzene rings is 1. The highest BCUT2D eigenvalue weighted by molar-refractivity contribution is 7.99. The summed E-state index contributed by atoms with van der Waals surface area (Å²) >= 11 is 1.37. The first-order valence-corrected chi connectivity index (χ1v) is 13.0. The Hall–Kier alpha value is -3.01. The van der Waals surface area contributed by atoms with E-state index in [1.54, 1.807) is 32.4 Å². The minimum absolute atomic E-state index is 0.0227. The smallest absolute Gasteiger partial charge is 0.244 e. The fourth-order valence-corrected chi connectivity index (χ4v) is 4.97. The number of hydrogen-bond donors (Lipinski definition) is 2. The van der Waals surface area contributed by atoms with Crippen molar-refractivity contribution in [2.75, 3.05) is 20.0 Å². The van der Waals surface area contributed by atoms with Crippen molar-refractivity contribution in [2.45, 2.75) is 63.8 Å². The van der Waals surface area contributed by atoms with Crippen molar-refractivity contribution in [3.63, 3.8) is 0 Å². The van der Waals surface area contributed by atoms with Crippen LogP contribution in [0.2, 0.25) is 0 Å². The van der Waals surface area contributed by atoms with Gasteiger partial charge in [-0.2, -0.15) is 0 Å². The molecular weight excluding hydrogens is 466 g/mol. The summed E-state index contributed by atoms with van der Waals surface area (Å²) in [5.74, 6) is 2.45. The summed E-state index contributed by atoms with van der Waals surface area (Å²) < 4.78 is 12.4. The topological polar surface area (TPSA) is 107 Å². The molecule has 1 aromatic heterocycles. The van der Waals surface area contributed by atoms with Crippen molar-refractivity contribution in [3.05, 3.63) is 35.7 Å². The summed E-state index contributed by atoms with van der Waals surface area (Å²) in [6.07, 6.45) is 7.79. The van der Waals surface area contributed by atoms with Crippen LogP contribution in [-0.2, 0) is 22.7 Å². The monoisotopic (exact) mass is 501 g/mol. The molecule has 3 rings (SSSR count). The molecule has 1 aliphatic carbocycles. The number of aromatic nitrogens is 3. The molecule has 35 heavy (non-hydrogen) atoms. The van der Waals surface area contributed by atoms with Crippen LogP contribution in [0, 0.1) is 5.92 Å². The van der Waals surface area contributed by atoms with E-state index in [1.807, 2.05) is 17.6 Å². The molecule has 0 unspecified atom stereocenters. The molecule has 1 aliphatic rings. The second-order valence-corrected chi connectivity index (χ2v) is 9.48. The van der Waals surface area contributed by atoms with Crippen molar-refractivity contribution in [1.82, 2.24) is 25.4 Å². The average Bonchev–Trinajstić information content (AvgIpc) is 3.27. The van der Waals surface area contributed by atoms with E-state index in [0.717, 1.165) is 12.0 Å². The Balaban J connectivity index is 1.51. The Morgan fingerprint density at radius 1 is 1.17 bits per heavy atom. The summed E-state index contributed by atoms with van der Waals surface area (Å²) in [5.41, 5.74) is 0.814. The highest BCUT2D eigenvalue weighted by Gasteiger charge is 2.23. The minimum Gasteiger partial charge on any atom is -0.493 e. The van der Waals surface area contributed by atoms with Crippen LogP contribution in [-0.4, -0.2) is 52.6 Å². The van der Waals surface area contributed by atoms with Crippen molar-refractivity contribution in [2.24, 2.45) is 5.92 Å². The zero-order valence-corrected chi connectivity index (χ0v) is 21.7. The molecule has 0 saturated heterocycles. The Morgan fingerprint density at radius 2 is 1.94 bits per heavy atom. The first-order chi connectivity index (χ1) is 16.9. The number of nitrogens with zero attached hydrogens (tertiary/aromatic N) is 3.